The van der Waals surface area contributed by atoms with Gasteiger partial charge in [0, 0.05) is 43.1 Å². The van der Waals surface area contributed by atoms with E-state index < -0.39 is 42.0 Å². The van der Waals surface area contributed by atoms with E-state index in [9.17, 15) is 27.8 Å². The number of amides is 2. The minimum atomic E-state index is -3.53. The summed E-state index contributed by atoms with van der Waals surface area (Å²) < 4.78 is 44.3. The summed E-state index contributed by atoms with van der Waals surface area (Å²) in [4.78, 5) is 39.5. The van der Waals surface area contributed by atoms with Crippen LogP contribution in [0.1, 0.15) is 65.7 Å². The number of ether oxygens (including phenoxy) is 1. The molecule has 4 atom stereocenters. The normalized spacial score (nSPS) is 21.4. The van der Waals surface area contributed by atoms with Gasteiger partial charge in [-0.3, -0.25) is 14.2 Å². The number of hydrogen-bond acceptors (Lipinski definition) is 7. The molecule has 10 nitrogen and oxygen atoms in total. The number of benzene rings is 2. The van der Waals surface area contributed by atoms with E-state index in [1.807, 2.05) is 61.7 Å². The fourth-order valence-corrected chi connectivity index (χ4v) is 10.0. The van der Waals surface area contributed by atoms with Crippen molar-refractivity contribution in [3.8, 4) is 5.75 Å². The van der Waals surface area contributed by atoms with Crippen LogP contribution in [-0.2, 0) is 28.6 Å². The molecule has 51 heavy (non-hydrogen) atoms. The Balaban J connectivity index is 1.65. The van der Waals surface area contributed by atoms with Crippen LogP contribution in [0.2, 0.25) is 0 Å². The van der Waals surface area contributed by atoms with Crippen molar-refractivity contribution in [2.75, 3.05) is 49.4 Å². The molecule has 4 rings (SSSR count). The predicted octanol–water partition coefficient (Wildman–Crippen LogP) is 7.66. The van der Waals surface area contributed by atoms with Gasteiger partial charge in [-0.05, 0) is 55.2 Å². The van der Waals surface area contributed by atoms with Crippen molar-refractivity contribution in [2.24, 2.45) is 11.3 Å². The van der Waals surface area contributed by atoms with E-state index in [0.717, 1.165) is 50.6 Å². The van der Waals surface area contributed by atoms with Crippen LogP contribution in [0.5, 0.6) is 5.75 Å². The molecule has 0 fully saturated rings. The molecule has 280 valence electrons. The molecule has 3 unspecified atom stereocenters. The van der Waals surface area contributed by atoms with Crippen molar-refractivity contribution in [3.05, 3.63) is 66.3 Å². The van der Waals surface area contributed by atoms with Crippen molar-refractivity contribution in [1.82, 2.24) is 10.6 Å². The van der Waals surface area contributed by atoms with E-state index in [1.165, 1.54) is 18.4 Å². The fourth-order valence-electron chi connectivity index (χ4n) is 6.80. The Bertz CT molecular complexity index is 1670. The topological polar surface area (TPSA) is 145 Å². The third-order valence-corrected chi connectivity index (χ3v) is 13.3. The minimum absolute atomic E-state index is 0.0106. The van der Waals surface area contributed by atoms with Crippen molar-refractivity contribution in [3.63, 3.8) is 0 Å². The number of carbonyl (C=O) groups excluding carboxylic acids is 2. The maximum atomic E-state index is 14.5. The number of para-hydroxylation sites is 1. The molecular formula is C38H55N3O7PS2+. The highest BCUT2D eigenvalue weighted by Gasteiger charge is 2.49. The number of unbranched alkanes of at least 4 members (excludes halogenated alkanes) is 2. The van der Waals surface area contributed by atoms with Gasteiger partial charge in [0.25, 0.3) is 16.1 Å². The summed E-state index contributed by atoms with van der Waals surface area (Å²) in [7, 11) is -6.86. The summed E-state index contributed by atoms with van der Waals surface area (Å²) in [6, 6.07) is 12.5. The van der Waals surface area contributed by atoms with Crippen LogP contribution in [0.4, 0.5) is 11.4 Å². The molecule has 2 amide bonds. The number of anilines is 2. The molecule has 0 radical (unpaired) electrons. The highest BCUT2D eigenvalue weighted by molar-refractivity contribution is 7.99. The molecule has 2 aliphatic rings. The van der Waals surface area contributed by atoms with Gasteiger partial charge in [-0.1, -0.05) is 87.1 Å². The first-order chi connectivity index (χ1) is 24.2. The number of nitrogens with zero attached hydrogens (tertiary/aromatic N) is 1. The van der Waals surface area contributed by atoms with E-state index in [2.05, 4.69) is 29.4 Å². The molecule has 2 aromatic carbocycles. The SMILES string of the molecule is CCCCC1(CCCC)CN(c2ccccc2)c2cc(SC)c(OCC(=O)N[C@@H](C(=O)NCCP(C)(=O)O)C3=CC(C)CC=C3)cc2[S+](=O)(O)C1. The van der Waals surface area contributed by atoms with Crippen LogP contribution in [-0.4, -0.2) is 71.8 Å². The maximum absolute atomic E-state index is 14.5. The van der Waals surface area contributed by atoms with E-state index in [0.29, 0.717) is 28.5 Å². The lowest BCUT2D eigenvalue weighted by atomic mass is 9.79. The lowest BCUT2D eigenvalue weighted by Gasteiger charge is -2.35. The fraction of sp³-hybridized carbons (Fsp3) is 0.526. The van der Waals surface area contributed by atoms with Crippen LogP contribution in [0.25, 0.3) is 0 Å². The zero-order chi connectivity index (χ0) is 37.2. The zero-order valence-electron chi connectivity index (χ0n) is 30.6. The van der Waals surface area contributed by atoms with Crippen LogP contribution in [0, 0.1) is 11.3 Å². The highest BCUT2D eigenvalue weighted by atomic mass is 32.3. The number of thioether (sulfide) groups is 1. The first-order valence-electron chi connectivity index (χ1n) is 17.9. The molecule has 1 aliphatic carbocycles. The van der Waals surface area contributed by atoms with Gasteiger partial charge in [-0.15, -0.1) is 11.8 Å². The van der Waals surface area contributed by atoms with Crippen LogP contribution in [0.3, 0.4) is 0 Å². The second kappa shape index (κ2) is 18.2. The number of allylic oxidation sites excluding steroid dienone is 2. The molecule has 4 N–H and O–H groups in total. The Labute approximate surface area is 309 Å². The van der Waals surface area contributed by atoms with E-state index in [-0.39, 0.29) is 34.7 Å². The number of carbonyl (C=O) groups is 2. The van der Waals surface area contributed by atoms with Gasteiger partial charge < -0.3 is 25.2 Å². The first kappa shape index (κ1) is 40.9. The van der Waals surface area contributed by atoms with Gasteiger partial charge in [-0.25, -0.2) is 0 Å². The molecule has 13 heteroatoms. The Morgan fingerprint density at radius 1 is 1.16 bits per heavy atom. The van der Waals surface area contributed by atoms with E-state index >= 15 is 0 Å². The first-order valence-corrected chi connectivity index (χ1v) is 23.1. The molecular weight excluding hydrogens is 706 g/mol. The summed E-state index contributed by atoms with van der Waals surface area (Å²) in [5.74, 6) is -0.434. The minimum Gasteiger partial charge on any atom is -0.482 e. The summed E-state index contributed by atoms with van der Waals surface area (Å²) in [6.45, 7) is 7.71. The average Bonchev–Trinajstić information content (AvgIpc) is 3.18. The summed E-state index contributed by atoms with van der Waals surface area (Å²) in [5.41, 5.74) is 1.84. The second-order valence-corrected chi connectivity index (χ2v) is 19.4. The molecule has 0 saturated heterocycles. The van der Waals surface area contributed by atoms with Gasteiger partial charge in [0.15, 0.2) is 19.7 Å². The lowest BCUT2D eigenvalue weighted by molar-refractivity contribution is -0.129. The van der Waals surface area contributed by atoms with Crippen molar-refractivity contribution in [2.45, 2.75) is 81.5 Å². The third-order valence-electron chi connectivity index (χ3n) is 9.44. The molecule has 2 aromatic rings. The average molecular weight is 761 g/mol. The predicted molar refractivity (Wildman–Crippen MR) is 209 cm³/mol. The molecule has 0 spiro atoms. The second-order valence-electron chi connectivity index (χ2n) is 14.0. The van der Waals surface area contributed by atoms with Crippen LogP contribution >= 0.6 is 19.1 Å². The molecule has 0 aromatic heterocycles. The maximum Gasteiger partial charge on any atom is 0.258 e. The van der Waals surface area contributed by atoms with Crippen molar-refractivity contribution >= 4 is 52.5 Å². The zero-order valence-corrected chi connectivity index (χ0v) is 33.1. The van der Waals surface area contributed by atoms with Gasteiger partial charge in [-0.2, -0.15) is 4.55 Å². The molecule has 1 aliphatic heterocycles. The smallest absolute Gasteiger partial charge is 0.258 e. The Morgan fingerprint density at radius 3 is 2.45 bits per heavy atom. The quantitative estimate of drug-likeness (QED) is 0.0726. The van der Waals surface area contributed by atoms with Gasteiger partial charge in [0.2, 0.25) is 10.8 Å². The molecule has 1 heterocycles. The van der Waals surface area contributed by atoms with E-state index in [1.54, 1.807) is 12.1 Å². The van der Waals surface area contributed by atoms with Gasteiger partial charge >= 0.3 is 0 Å². The number of nitrogens with one attached hydrogen (secondary N) is 2. The summed E-state index contributed by atoms with van der Waals surface area (Å²) in [5, 5.41) is 5.46. The number of hydrogen-bond donors (Lipinski definition) is 4. The van der Waals surface area contributed by atoms with Crippen molar-refractivity contribution in [1.29, 1.82) is 0 Å². The number of rotatable bonds is 17. The monoisotopic (exact) mass is 760 g/mol. The van der Waals surface area contributed by atoms with Crippen LogP contribution in [0.15, 0.2) is 76.1 Å². The Kier molecular flexibility index (Phi) is 14.6. The standard InChI is InChI=1S/C38H54N3O7PS2/c1-6-8-18-38(19-9-7-2)26-41(30-16-11-10-12-17-30)31-23-33(50-5)32(24-34(31)51(46,47)27-38)48-25-35(42)40-36(29-15-13-14-28(3)22-29)37(43)39-20-21-49(4,44)45/h10-13,15-17,22-24,28,36H,6-9,14,18-21,25-27H2,1-5H3,(H3-,39,40,42,43,44,45,46,47)/p+1/t28?,36-/m1/s1. The van der Waals surface area contributed by atoms with Crippen molar-refractivity contribution < 1.29 is 32.5 Å². The Morgan fingerprint density at radius 2 is 1.84 bits per heavy atom. The molecule has 0 bridgehead atoms. The highest BCUT2D eigenvalue weighted by Crippen LogP contribution is 2.49. The Hall–Kier alpha value is -2.89. The summed E-state index contributed by atoms with van der Waals surface area (Å²) in [6.07, 6.45) is 13.9. The third kappa shape index (κ3) is 11.3. The van der Waals surface area contributed by atoms with Gasteiger partial charge in [0.05, 0.1) is 4.90 Å². The lowest BCUT2D eigenvalue weighted by Crippen LogP contribution is -2.49. The number of fused-ring (bicyclic) bond motifs is 1. The van der Waals surface area contributed by atoms with Gasteiger partial charge in [0.1, 0.15) is 17.5 Å². The molecule has 0 saturated carbocycles. The largest absolute Gasteiger partial charge is 0.482 e. The van der Waals surface area contributed by atoms with Crippen LogP contribution < -0.4 is 20.3 Å². The van der Waals surface area contributed by atoms with E-state index in [4.69, 9.17) is 4.74 Å². The summed E-state index contributed by atoms with van der Waals surface area (Å²) >= 11 is 1.42.